The normalized spacial score (nSPS) is 15.4. The number of hydrogen-bond donors (Lipinski definition) is 2. The van der Waals surface area contributed by atoms with Crippen LogP contribution >= 0.6 is 0 Å². The van der Waals surface area contributed by atoms with Gasteiger partial charge in [-0.15, -0.1) is 0 Å². The van der Waals surface area contributed by atoms with Crippen molar-refractivity contribution in [2.24, 2.45) is 7.05 Å². The summed E-state index contributed by atoms with van der Waals surface area (Å²) in [7, 11) is 1.81. The Kier molecular flexibility index (Phi) is 6.75. The predicted octanol–water partition coefficient (Wildman–Crippen LogP) is 0.276. The van der Waals surface area contributed by atoms with Crippen LogP contribution in [0, 0.1) is 6.92 Å². The maximum atomic E-state index is 12.4. The second kappa shape index (κ2) is 9.71. The fourth-order valence-corrected chi connectivity index (χ4v) is 4.07. The van der Waals surface area contributed by atoms with Crippen molar-refractivity contribution in [2.45, 2.75) is 39.8 Å². The summed E-state index contributed by atoms with van der Waals surface area (Å²) in [6.45, 7) is 8.18. The average molecular weight is 459 g/mol. The predicted molar refractivity (Wildman–Crippen MR) is 122 cm³/mol. The number of carbonyl (C=O) groups is 1. The molecule has 1 fully saturated rings. The van der Waals surface area contributed by atoms with Gasteiger partial charge in [-0.25, -0.2) is 9.78 Å². The molecule has 178 valence electrons. The fourth-order valence-electron chi connectivity index (χ4n) is 4.07. The summed E-state index contributed by atoms with van der Waals surface area (Å²) >= 11 is 0. The van der Waals surface area contributed by atoms with Crippen molar-refractivity contribution in [3.63, 3.8) is 0 Å². The topological polar surface area (TPSA) is 134 Å². The third kappa shape index (κ3) is 5.06. The van der Waals surface area contributed by atoms with Crippen LogP contribution in [0.3, 0.4) is 0 Å². The van der Waals surface area contributed by atoms with E-state index in [4.69, 9.17) is 4.52 Å². The quantitative estimate of drug-likeness (QED) is 0.491. The molecule has 0 unspecified atom stereocenters. The first kappa shape index (κ1) is 22.9. The van der Waals surface area contributed by atoms with E-state index in [1.165, 1.54) is 0 Å². The van der Waals surface area contributed by atoms with Crippen LogP contribution in [-0.4, -0.2) is 72.7 Å². The molecule has 4 heterocycles. The van der Waals surface area contributed by atoms with Crippen molar-refractivity contribution in [2.75, 3.05) is 38.0 Å². The maximum absolute atomic E-state index is 12.4. The number of unbranched alkanes of at least 4 members (excludes halogenated alkanes) is 1. The zero-order valence-corrected chi connectivity index (χ0v) is 19.3. The molecule has 1 aliphatic heterocycles. The highest BCUT2D eigenvalue weighted by atomic mass is 16.5. The number of imidazole rings is 1. The van der Waals surface area contributed by atoms with E-state index in [9.17, 15) is 14.4 Å². The Morgan fingerprint density at radius 1 is 1.21 bits per heavy atom. The van der Waals surface area contributed by atoms with Crippen LogP contribution in [0.1, 0.15) is 31.4 Å². The minimum absolute atomic E-state index is 0.128. The van der Waals surface area contributed by atoms with Crippen molar-refractivity contribution in [1.29, 1.82) is 0 Å². The lowest BCUT2D eigenvalue weighted by atomic mass is 10.3. The van der Waals surface area contributed by atoms with Gasteiger partial charge in [0.15, 0.2) is 17.0 Å². The van der Waals surface area contributed by atoms with E-state index in [1.807, 2.05) is 0 Å². The summed E-state index contributed by atoms with van der Waals surface area (Å²) in [5.74, 6) is 1.67. The third-order valence-corrected chi connectivity index (χ3v) is 5.93. The number of amides is 1. The van der Waals surface area contributed by atoms with Gasteiger partial charge in [-0.2, -0.15) is 0 Å². The maximum Gasteiger partial charge on any atom is 0.330 e. The SMILES string of the molecule is CCCCn1c(=O)[nH]c(=O)c2c1nc(CN1CCN(CC(=O)Nc3cc(C)on3)CC1)n2C. The Bertz CT molecular complexity index is 1250. The van der Waals surface area contributed by atoms with E-state index in [-0.39, 0.29) is 12.5 Å². The molecule has 2 N–H and O–H groups in total. The van der Waals surface area contributed by atoms with E-state index in [1.54, 1.807) is 29.2 Å². The van der Waals surface area contributed by atoms with Crippen LogP contribution in [0.2, 0.25) is 0 Å². The molecule has 0 radical (unpaired) electrons. The van der Waals surface area contributed by atoms with Crippen molar-refractivity contribution in [3.8, 4) is 0 Å². The molecule has 33 heavy (non-hydrogen) atoms. The van der Waals surface area contributed by atoms with E-state index in [0.717, 1.165) is 44.8 Å². The van der Waals surface area contributed by atoms with Crippen LogP contribution in [0.15, 0.2) is 20.2 Å². The van der Waals surface area contributed by atoms with Crippen LogP contribution in [0.25, 0.3) is 11.2 Å². The molecule has 0 aliphatic carbocycles. The summed E-state index contributed by atoms with van der Waals surface area (Å²) in [5.41, 5.74) is 0.0209. The second-order valence-corrected chi connectivity index (χ2v) is 8.45. The molecule has 12 heteroatoms. The van der Waals surface area contributed by atoms with Crippen LogP contribution in [0.5, 0.6) is 0 Å². The lowest BCUT2D eigenvalue weighted by Gasteiger charge is -2.33. The monoisotopic (exact) mass is 458 g/mol. The number of nitrogens with zero attached hydrogens (tertiary/aromatic N) is 6. The summed E-state index contributed by atoms with van der Waals surface area (Å²) in [4.78, 5) is 48.4. The summed E-state index contributed by atoms with van der Waals surface area (Å²) in [6, 6.07) is 1.68. The van der Waals surface area contributed by atoms with Gasteiger partial charge in [-0.05, 0) is 13.3 Å². The standard InChI is InChI=1S/C21H30N8O4/c1-4-5-6-29-19-18(20(31)24-21(29)32)26(3)16(23-19)12-27-7-9-28(10-8-27)13-17(30)22-15-11-14(2)33-25-15/h11H,4-10,12-13H2,1-3H3,(H,22,25,30)(H,24,31,32). The van der Waals surface area contributed by atoms with Crippen molar-refractivity contribution >= 4 is 22.9 Å². The van der Waals surface area contributed by atoms with Crippen molar-refractivity contribution in [1.82, 2.24) is 34.1 Å². The first-order valence-electron chi connectivity index (χ1n) is 11.2. The smallest absolute Gasteiger partial charge is 0.330 e. The molecule has 1 saturated heterocycles. The van der Waals surface area contributed by atoms with Gasteiger partial charge in [0, 0.05) is 45.8 Å². The van der Waals surface area contributed by atoms with Gasteiger partial charge >= 0.3 is 5.69 Å². The lowest BCUT2D eigenvalue weighted by Crippen LogP contribution is -2.48. The first-order chi connectivity index (χ1) is 15.9. The third-order valence-electron chi connectivity index (χ3n) is 5.93. The molecule has 0 saturated carbocycles. The molecule has 12 nitrogen and oxygen atoms in total. The van der Waals surface area contributed by atoms with Crippen molar-refractivity contribution in [3.05, 3.63) is 38.5 Å². The number of anilines is 1. The number of nitrogens with one attached hydrogen (secondary N) is 2. The highest BCUT2D eigenvalue weighted by Gasteiger charge is 2.22. The minimum Gasteiger partial charge on any atom is -0.360 e. The number of aromatic amines is 1. The van der Waals surface area contributed by atoms with Gasteiger partial charge in [-0.3, -0.25) is 28.9 Å². The molecule has 0 spiro atoms. The number of rotatable bonds is 8. The van der Waals surface area contributed by atoms with E-state index >= 15 is 0 Å². The van der Waals surface area contributed by atoms with Gasteiger partial charge < -0.3 is 14.4 Å². The van der Waals surface area contributed by atoms with Crippen LogP contribution < -0.4 is 16.6 Å². The molecular formula is C21H30N8O4. The van der Waals surface area contributed by atoms with Gasteiger partial charge in [0.25, 0.3) is 5.56 Å². The molecule has 1 aliphatic rings. The van der Waals surface area contributed by atoms with Crippen LogP contribution in [-0.2, 0) is 24.9 Å². The number of fused-ring (bicyclic) bond motifs is 1. The highest BCUT2D eigenvalue weighted by Crippen LogP contribution is 2.14. The van der Waals surface area contributed by atoms with Gasteiger partial charge in [-0.1, -0.05) is 18.5 Å². The van der Waals surface area contributed by atoms with Crippen LogP contribution in [0.4, 0.5) is 5.82 Å². The number of aryl methyl sites for hydroxylation is 3. The molecule has 3 aromatic heterocycles. The van der Waals surface area contributed by atoms with Gasteiger partial charge in [0.1, 0.15) is 11.6 Å². The van der Waals surface area contributed by atoms with Crippen molar-refractivity contribution < 1.29 is 9.32 Å². The first-order valence-corrected chi connectivity index (χ1v) is 11.2. The number of carbonyl (C=O) groups excluding carboxylic acids is 1. The Morgan fingerprint density at radius 3 is 2.61 bits per heavy atom. The van der Waals surface area contributed by atoms with E-state index < -0.39 is 11.2 Å². The summed E-state index contributed by atoms with van der Waals surface area (Å²) in [6.07, 6.45) is 1.77. The summed E-state index contributed by atoms with van der Waals surface area (Å²) < 4.78 is 8.29. The minimum atomic E-state index is -0.418. The average Bonchev–Trinajstić information content (AvgIpc) is 3.32. The zero-order chi connectivity index (χ0) is 23.5. The zero-order valence-electron chi connectivity index (χ0n) is 19.3. The number of aromatic nitrogens is 5. The van der Waals surface area contributed by atoms with Gasteiger partial charge in [0.2, 0.25) is 5.91 Å². The Labute approximate surface area is 190 Å². The molecule has 0 atom stereocenters. The molecule has 0 bridgehead atoms. The Hall–Kier alpha value is -3.25. The van der Waals surface area contributed by atoms with Gasteiger partial charge in [0.05, 0.1) is 13.1 Å². The Balaban J connectivity index is 1.39. The Morgan fingerprint density at radius 2 is 1.94 bits per heavy atom. The molecular weight excluding hydrogens is 428 g/mol. The lowest BCUT2D eigenvalue weighted by molar-refractivity contribution is -0.117. The number of hydrogen-bond acceptors (Lipinski definition) is 8. The number of piperazine rings is 1. The summed E-state index contributed by atoms with van der Waals surface area (Å²) in [5, 5.41) is 6.52. The van der Waals surface area contributed by atoms with E-state index in [2.05, 4.69) is 37.2 Å². The highest BCUT2D eigenvalue weighted by molar-refractivity contribution is 5.91. The molecule has 4 rings (SSSR count). The second-order valence-electron chi connectivity index (χ2n) is 8.45. The largest absolute Gasteiger partial charge is 0.360 e. The molecule has 1 amide bonds. The molecule has 0 aromatic carbocycles. The van der Waals surface area contributed by atoms with E-state index in [0.29, 0.717) is 35.8 Å². The molecule has 3 aromatic rings. The number of H-pyrrole nitrogens is 1. The fraction of sp³-hybridized carbons (Fsp3) is 0.571.